The molecule has 4 heteroatoms. The van der Waals surface area contributed by atoms with Crippen molar-refractivity contribution in [2.24, 2.45) is 0 Å². The van der Waals surface area contributed by atoms with Gasteiger partial charge in [0.05, 0.1) is 0 Å². The summed E-state index contributed by atoms with van der Waals surface area (Å²) in [6.07, 6.45) is 5.69. The summed E-state index contributed by atoms with van der Waals surface area (Å²) in [6.45, 7) is 1.35. The predicted octanol–water partition coefficient (Wildman–Crippen LogP) is 3.10. The minimum absolute atomic E-state index is 0.0112. The van der Waals surface area contributed by atoms with Crippen molar-refractivity contribution in [3.05, 3.63) is 17.7 Å². The average molecular weight is 249 g/mol. The van der Waals surface area contributed by atoms with Gasteiger partial charge in [-0.05, 0) is 30.4 Å². The van der Waals surface area contributed by atoms with Crippen LogP contribution < -0.4 is 5.32 Å². The van der Waals surface area contributed by atoms with Gasteiger partial charge in [-0.1, -0.05) is 25.3 Å². The molecule has 1 amide bonds. The van der Waals surface area contributed by atoms with Crippen LogP contribution in [-0.4, -0.2) is 16.1 Å². The first-order valence-corrected chi connectivity index (χ1v) is 6.42. The lowest BCUT2D eigenvalue weighted by atomic mass is 9.83. The molecule has 0 bridgehead atoms. The fraction of sp³-hybridized carbons (Fsp3) is 0.500. The Hall–Kier alpha value is -1.71. The number of aromatic hydroxyl groups is 2. The Labute approximate surface area is 107 Å². The molecule has 1 fully saturated rings. The zero-order valence-corrected chi connectivity index (χ0v) is 10.6. The van der Waals surface area contributed by atoms with Gasteiger partial charge < -0.3 is 15.5 Å². The number of carbonyl (C=O) groups excluding carboxylic acids is 1. The topological polar surface area (TPSA) is 69.6 Å². The van der Waals surface area contributed by atoms with Crippen LogP contribution in [0.4, 0.5) is 5.69 Å². The normalized spacial score (nSPS) is 16.5. The van der Waals surface area contributed by atoms with E-state index in [1.165, 1.54) is 32.3 Å². The molecule has 1 saturated carbocycles. The number of phenols is 2. The molecule has 0 unspecified atom stereocenters. The summed E-state index contributed by atoms with van der Waals surface area (Å²) in [5, 5.41) is 22.4. The quantitative estimate of drug-likeness (QED) is 0.705. The summed E-state index contributed by atoms with van der Waals surface area (Å²) in [6, 6.07) is 3.29. The molecule has 1 aromatic rings. The van der Waals surface area contributed by atoms with E-state index in [1.54, 1.807) is 6.07 Å². The molecule has 3 N–H and O–H groups in total. The van der Waals surface area contributed by atoms with E-state index in [-0.39, 0.29) is 23.1 Å². The summed E-state index contributed by atoms with van der Waals surface area (Å²) in [7, 11) is 0. The molecule has 0 aliphatic heterocycles. The molecule has 0 aromatic heterocycles. The minimum Gasteiger partial charge on any atom is -0.506 e. The fourth-order valence-electron chi connectivity index (χ4n) is 2.64. The van der Waals surface area contributed by atoms with Gasteiger partial charge in [-0.15, -0.1) is 0 Å². The second-order valence-electron chi connectivity index (χ2n) is 4.91. The van der Waals surface area contributed by atoms with Gasteiger partial charge in [0.25, 0.3) is 0 Å². The van der Waals surface area contributed by atoms with Crippen LogP contribution in [-0.2, 0) is 4.79 Å². The van der Waals surface area contributed by atoms with Crippen LogP contribution >= 0.6 is 0 Å². The highest BCUT2D eigenvalue weighted by Crippen LogP contribution is 2.43. The molecule has 1 aliphatic rings. The number of rotatable bonds is 2. The molecule has 4 nitrogen and oxygen atoms in total. The van der Waals surface area contributed by atoms with E-state index in [0.717, 1.165) is 18.4 Å². The molecular weight excluding hydrogens is 230 g/mol. The lowest BCUT2D eigenvalue weighted by Gasteiger charge is -2.24. The predicted molar refractivity (Wildman–Crippen MR) is 69.9 cm³/mol. The summed E-state index contributed by atoms with van der Waals surface area (Å²) in [5.41, 5.74) is 0.960. The third-order valence-electron chi connectivity index (χ3n) is 3.53. The molecule has 0 heterocycles. The van der Waals surface area contributed by atoms with Crippen molar-refractivity contribution in [3.63, 3.8) is 0 Å². The summed E-state index contributed by atoms with van der Waals surface area (Å²) < 4.78 is 0. The monoisotopic (exact) mass is 249 g/mol. The molecule has 1 aliphatic carbocycles. The van der Waals surface area contributed by atoms with Crippen molar-refractivity contribution in [2.75, 3.05) is 5.32 Å². The molecule has 0 spiro atoms. The smallest absolute Gasteiger partial charge is 0.221 e. The maximum Gasteiger partial charge on any atom is 0.221 e. The van der Waals surface area contributed by atoms with Crippen molar-refractivity contribution in [1.29, 1.82) is 0 Å². The van der Waals surface area contributed by atoms with Gasteiger partial charge in [0, 0.05) is 6.92 Å². The van der Waals surface area contributed by atoms with Crippen LogP contribution in [0.15, 0.2) is 12.1 Å². The summed E-state index contributed by atoms with van der Waals surface area (Å²) >= 11 is 0. The Kier molecular flexibility index (Phi) is 3.75. The summed E-state index contributed by atoms with van der Waals surface area (Å²) in [5.74, 6) is -0.0624. The van der Waals surface area contributed by atoms with E-state index in [0.29, 0.717) is 5.92 Å². The van der Waals surface area contributed by atoms with E-state index < -0.39 is 0 Å². The van der Waals surface area contributed by atoms with E-state index in [1.807, 2.05) is 0 Å². The van der Waals surface area contributed by atoms with Gasteiger partial charge in [0.2, 0.25) is 5.91 Å². The van der Waals surface area contributed by atoms with Crippen LogP contribution in [0.5, 0.6) is 11.5 Å². The highest BCUT2D eigenvalue weighted by molar-refractivity contribution is 5.92. The van der Waals surface area contributed by atoms with Crippen LogP contribution in [0.1, 0.15) is 50.5 Å². The number of phenolic OH excluding ortho intramolecular Hbond substituents is 2. The largest absolute Gasteiger partial charge is 0.506 e. The van der Waals surface area contributed by atoms with E-state index in [4.69, 9.17) is 0 Å². The number of anilines is 1. The number of nitrogens with one attached hydrogen (secondary N) is 1. The van der Waals surface area contributed by atoms with Crippen LogP contribution in [0.25, 0.3) is 0 Å². The highest BCUT2D eigenvalue weighted by Gasteiger charge is 2.22. The minimum atomic E-state index is -0.304. The Morgan fingerprint density at radius 3 is 2.50 bits per heavy atom. The number of benzene rings is 1. The fourth-order valence-corrected chi connectivity index (χ4v) is 2.64. The van der Waals surface area contributed by atoms with Crippen molar-refractivity contribution < 1.29 is 15.0 Å². The van der Waals surface area contributed by atoms with Crippen LogP contribution in [0.3, 0.4) is 0 Å². The van der Waals surface area contributed by atoms with E-state index in [9.17, 15) is 15.0 Å². The van der Waals surface area contributed by atoms with Gasteiger partial charge in [-0.2, -0.15) is 0 Å². The van der Waals surface area contributed by atoms with Gasteiger partial charge in [0.1, 0.15) is 17.2 Å². The lowest BCUT2D eigenvalue weighted by molar-refractivity contribution is -0.114. The van der Waals surface area contributed by atoms with Gasteiger partial charge in [-0.3, -0.25) is 4.79 Å². The number of hydrogen-bond donors (Lipinski definition) is 3. The first-order valence-electron chi connectivity index (χ1n) is 6.42. The highest BCUT2D eigenvalue weighted by atomic mass is 16.3. The molecule has 0 radical (unpaired) electrons. The Morgan fingerprint density at radius 2 is 1.89 bits per heavy atom. The number of hydrogen-bond acceptors (Lipinski definition) is 3. The lowest BCUT2D eigenvalue weighted by Crippen LogP contribution is -2.09. The van der Waals surface area contributed by atoms with Crippen molar-refractivity contribution >= 4 is 11.6 Å². The molecule has 1 aromatic carbocycles. The third kappa shape index (κ3) is 2.58. The van der Waals surface area contributed by atoms with E-state index >= 15 is 0 Å². The van der Waals surface area contributed by atoms with Crippen LogP contribution in [0, 0.1) is 0 Å². The second-order valence-corrected chi connectivity index (χ2v) is 4.91. The van der Waals surface area contributed by atoms with Crippen molar-refractivity contribution in [3.8, 4) is 11.5 Å². The number of amides is 1. The average Bonchev–Trinajstić information content (AvgIpc) is 2.35. The summed E-state index contributed by atoms with van der Waals surface area (Å²) in [4.78, 5) is 11.1. The maximum atomic E-state index is 11.1. The Balaban J connectivity index is 2.33. The van der Waals surface area contributed by atoms with Gasteiger partial charge >= 0.3 is 0 Å². The molecule has 0 atom stereocenters. The Morgan fingerprint density at radius 1 is 1.22 bits per heavy atom. The standard InChI is InChI=1S/C14H19NO3/c1-9(16)15-13-12(17)8-7-11(14(13)18)10-5-3-2-4-6-10/h7-8,10,17-18H,2-6H2,1H3,(H,15,16). The second kappa shape index (κ2) is 5.29. The molecule has 18 heavy (non-hydrogen) atoms. The molecule has 98 valence electrons. The first-order chi connectivity index (χ1) is 8.59. The molecule has 2 rings (SSSR count). The zero-order chi connectivity index (χ0) is 13.1. The van der Waals surface area contributed by atoms with Crippen LogP contribution in [0.2, 0.25) is 0 Å². The van der Waals surface area contributed by atoms with Gasteiger partial charge in [-0.25, -0.2) is 0 Å². The SMILES string of the molecule is CC(=O)Nc1c(O)ccc(C2CCCCC2)c1O. The van der Waals surface area contributed by atoms with Crippen molar-refractivity contribution in [2.45, 2.75) is 44.9 Å². The zero-order valence-electron chi connectivity index (χ0n) is 10.6. The van der Waals surface area contributed by atoms with Gasteiger partial charge in [0.15, 0.2) is 0 Å². The first kappa shape index (κ1) is 12.7. The maximum absolute atomic E-state index is 11.1. The van der Waals surface area contributed by atoms with E-state index in [2.05, 4.69) is 5.32 Å². The van der Waals surface area contributed by atoms with Crippen molar-refractivity contribution in [1.82, 2.24) is 0 Å². The molecular formula is C14H19NO3. The third-order valence-corrected chi connectivity index (χ3v) is 3.53. The molecule has 0 saturated heterocycles. The Bertz CT molecular complexity index is 451. The number of carbonyl (C=O) groups is 1.